The lowest BCUT2D eigenvalue weighted by atomic mass is 9.89. The molecule has 0 saturated heterocycles. The Morgan fingerprint density at radius 1 is 0.213 bits per heavy atom. The van der Waals surface area contributed by atoms with Crippen LogP contribution < -0.4 is 4.90 Å². The minimum atomic E-state index is 1.09. The fourth-order valence-corrected chi connectivity index (χ4v) is 8.99. The zero-order chi connectivity index (χ0) is 40.5. The first-order valence-electron chi connectivity index (χ1n) is 21.0. The second-order valence-electron chi connectivity index (χ2n) is 15.7. The molecule has 1 nitrogen and oxygen atoms in total. The van der Waals surface area contributed by atoms with Crippen LogP contribution in [0.25, 0.3) is 88.0 Å². The summed E-state index contributed by atoms with van der Waals surface area (Å²) in [7, 11) is 0. The summed E-state index contributed by atoms with van der Waals surface area (Å²) >= 11 is 0. The molecule has 0 aliphatic heterocycles. The molecule has 0 unspecified atom stereocenters. The van der Waals surface area contributed by atoms with E-state index in [0.29, 0.717) is 0 Å². The molecule has 0 heterocycles. The van der Waals surface area contributed by atoms with Gasteiger partial charge in [0, 0.05) is 17.1 Å². The van der Waals surface area contributed by atoms with Crippen LogP contribution in [-0.2, 0) is 0 Å². The Labute approximate surface area is 357 Å². The topological polar surface area (TPSA) is 3.24 Å². The van der Waals surface area contributed by atoms with Gasteiger partial charge in [0.05, 0.1) is 0 Å². The molecule has 0 aliphatic carbocycles. The molecular weight excluding hydrogens is 735 g/mol. The zero-order valence-electron chi connectivity index (χ0n) is 33.6. The number of fused-ring (bicyclic) bond motifs is 4. The Hall–Kier alpha value is -8.00. The third-order valence-corrected chi connectivity index (χ3v) is 12.0. The first kappa shape index (κ1) is 36.1. The van der Waals surface area contributed by atoms with E-state index in [1.165, 1.54) is 88.0 Å². The van der Waals surface area contributed by atoms with E-state index in [9.17, 15) is 0 Å². The molecule has 0 saturated carbocycles. The van der Waals surface area contributed by atoms with Gasteiger partial charge in [-0.05, 0) is 136 Å². The molecule has 0 bridgehead atoms. The van der Waals surface area contributed by atoms with E-state index in [0.717, 1.165) is 17.1 Å². The molecule has 11 aromatic rings. The predicted molar refractivity (Wildman–Crippen MR) is 261 cm³/mol. The SMILES string of the molecule is c1ccc(-c2cccc(-c3ccc(N(c4ccc(-c5c(-c6ccccc6)ccc6ccccc56)cc4)c4cccc(-c5ccc6c(ccc7ccccc76)c5)c4)cc3)c2)cc1. The van der Waals surface area contributed by atoms with Crippen LogP contribution in [0.15, 0.2) is 249 Å². The molecule has 11 aromatic carbocycles. The monoisotopic (exact) mass is 775 g/mol. The Morgan fingerprint density at radius 3 is 1.38 bits per heavy atom. The first-order valence-corrected chi connectivity index (χ1v) is 21.0. The van der Waals surface area contributed by atoms with Gasteiger partial charge in [-0.1, -0.05) is 200 Å². The molecule has 0 aliphatic rings. The van der Waals surface area contributed by atoms with Gasteiger partial charge in [0.2, 0.25) is 0 Å². The molecule has 1 heteroatoms. The minimum Gasteiger partial charge on any atom is -0.310 e. The van der Waals surface area contributed by atoms with Crippen molar-refractivity contribution in [3.8, 4) is 55.6 Å². The van der Waals surface area contributed by atoms with E-state index < -0.39 is 0 Å². The van der Waals surface area contributed by atoms with Crippen molar-refractivity contribution >= 4 is 49.4 Å². The summed E-state index contributed by atoms with van der Waals surface area (Å²) < 4.78 is 0. The van der Waals surface area contributed by atoms with Crippen LogP contribution in [0.5, 0.6) is 0 Å². The number of benzene rings is 11. The number of nitrogens with zero attached hydrogens (tertiary/aromatic N) is 1. The van der Waals surface area contributed by atoms with Crippen LogP contribution in [0, 0.1) is 0 Å². The summed E-state index contributed by atoms with van der Waals surface area (Å²) in [5.74, 6) is 0. The molecule has 286 valence electrons. The molecule has 61 heavy (non-hydrogen) atoms. The van der Waals surface area contributed by atoms with Gasteiger partial charge in [0.15, 0.2) is 0 Å². The van der Waals surface area contributed by atoms with Crippen molar-refractivity contribution in [2.24, 2.45) is 0 Å². The van der Waals surface area contributed by atoms with E-state index >= 15 is 0 Å². The lowest BCUT2D eigenvalue weighted by Crippen LogP contribution is -2.10. The number of anilines is 3. The minimum absolute atomic E-state index is 1.09. The smallest absolute Gasteiger partial charge is 0.0467 e. The fraction of sp³-hybridized carbons (Fsp3) is 0. The molecule has 0 N–H and O–H groups in total. The van der Waals surface area contributed by atoms with E-state index in [-0.39, 0.29) is 0 Å². The number of hydrogen-bond acceptors (Lipinski definition) is 1. The number of rotatable bonds is 8. The Morgan fingerprint density at radius 2 is 0.672 bits per heavy atom. The molecule has 0 amide bonds. The van der Waals surface area contributed by atoms with Gasteiger partial charge in [-0.2, -0.15) is 0 Å². The average molecular weight is 776 g/mol. The molecular formula is C60H41N. The highest BCUT2D eigenvalue weighted by molar-refractivity contribution is 6.08. The van der Waals surface area contributed by atoms with Gasteiger partial charge in [-0.3, -0.25) is 0 Å². The summed E-state index contributed by atoms with van der Waals surface area (Å²) in [6, 6.07) is 90.4. The average Bonchev–Trinajstić information content (AvgIpc) is 3.34. The maximum Gasteiger partial charge on any atom is 0.0467 e. The second-order valence-corrected chi connectivity index (χ2v) is 15.7. The third-order valence-electron chi connectivity index (χ3n) is 12.0. The largest absolute Gasteiger partial charge is 0.310 e. The summed E-state index contributed by atoms with van der Waals surface area (Å²) in [4.78, 5) is 2.38. The molecule has 0 fully saturated rings. The van der Waals surface area contributed by atoms with Gasteiger partial charge >= 0.3 is 0 Å². The molecule has 0 radical (unpaired) electrons. The summed E-state index contributed by atoms with van der Waals surface area (Å²) in [5.41, 5.74) is 15.3. The van der Waals surface area contributed by atoms with E-state index in [2.05, 4.69) is 254 Å². The predicted octanol–water partition coefficient (Wildman–Crippen LogP) is 17.0. The van der Waals surface area contributed by atoms with Crippen molar-refractivity contribution in [2.45, 2.75) is 0 Å². The molecule has 0 aromatic heterocycles. The first-order chi connectivity index (χ1) is 30.2. The van der Waals surface area contributed by atoms with Crippen molar-refractivity contribution in [2.75, 3.05) is 4.90 Å². The maximum atomic E-state index is 2.38. The van der Waals surface area contributed by atoms with Crippen LogP contribution in [0.3, 0.4) is 0 Å². The highest BCUT2D eigenvalue weighted by Gasteiger charge is 2.17. The van der Waals surface area contributed by atoms with Crippen molar-refractivity contribution < 1.29 is 0 Å². The van der Waals surface area contributed by atoms with E-state index in [4.69, 9.17) is 0 Å². The van der Waals surface area contributed by atoms with Gasteiger partial charge in [-0.25, -0.2) is 0 Å². The van der Waals surface area contributed by atoms with Gasteiger partial charge < -0.3 is 4.90 Å². The maximum absolute atomic E-state index is 2.38. The quantitative estimate of drug-likeness (QED) is 0.139. The summed E-state index contributed by atoms with van der Waals surface area (Å²) in [5, 5.41) is 7.54. The Balaban J connectivity index is 1.02. The van der Waals surface area contributed by atoms with Crippen LogP contribution >= 0.6 is 0 Å². The Kier molecular flexibility index (Phi) is 9.26. The van der Waals surface area contributed by atoms with Crippen LogP contribution in [-0.4, -0.2) is 0 Å². The van der Waals surface area contributed by atoms with Crippen LogP contribution in [0.1, 0.15) is 0 Å². The van der Waals surface area contributed by atoms with Crippen LogP contribution in [0.4, 0.5) is 17.1 Å². The standard InChI is InChI=1S/C60H41N/c1-3-13-42(14-4-1)48-19-11-20-49(39-48)43-27-33-53(34-28-43)61(55-22-12-21-50(41-55)51-32-37-57-52(40-51)26-25-45-17-7-9-23-56(45)57)54-35-29-47(30-36-54)60-58-24-10-8-18-46(58)31-38-59(60)44-15-5-2-6-16-44/h1-41H. The highest BCUT2D eigenvalue weighted by atomic mass is 15.1. The lowest BCUT2D eigenvalue weighted by molar-refractivity contribution is 1.28. The Bertz CT molecular complexity index is 3330. The van der Waals surface area contributed by atoms with Gasteiger partial charge in [0.25, 0.3) is 0 Å². The molecule has 0 spiro atoms. The van der Waals surface area contributed by atoms with Crippen molar-refractivity contribution in [1.82, 2.24) is 0 Å². The second kappa shape index (κ2) is 15.6. The normalized spacial score (nSPS) is 11.3. The molecule has 11 rings (SSSR count). The fourth-order valence-electron chi connectivity index (χ4n) is 8.99. The molecule has 0 atom stereocenters. The summed E-state index contributed by atoms with van der Waals surface area (Å²) in [6.45, 7) is 0. The third kappa shape index (κ3) is 6.93. The van der Waals surface area contributed by atoms with E-state index in [1.54, 1.807) is 0 Å². The van der Waals surface area contributed by atoms with E-state index in [1.807, 2.05) is 0 Å². The van der Waals surface area contributed by atoms with Crippen molar-refractivity contribution in [3.63, 3.8) is 0 Å². The van der Waals surface area contributed by atoms with Gasteiger partial charge in [-0.15, -0.1) is 0 Å². The lowest BCUT2D eigenvalue weighted by Gasteiger charge is -2.27. The van der Waals surface area contributed by atoms with Crippen molar-refractivity contribution in [3.05, 3.63) is 249 Å². The number of hydrogen-bond donors (Lipinski definition) is 0. The zero-order valence-corrected chi connectivity index (χ0v) is 33.6. The van der Waals surface area contributed by atoms with Crippen molar-refractivity contribution in [1.29, 1.82) is 0 Å². The van der Waals surface area contributed by atoms with Gasteiger partial charge in [0.1, 0.15) is 0 Å². The summed E-state index contributed by atoms with van der Waals surface area (Å²) in [6.07, 6.45) is 0. The highest BCUT2D eigenvalue weighted by Crippen LogP contribution is 2.42. The van der Waals surface area contributed by atoms with Crippen LogP contribution in [0.2, 0.25) is 0 Å².